The summed E-state index contributed by atoms with van der Waals surface area (Å²) in [4.78, 5) is 10.4. The molecule has 2 heterocycles. The number of rotatable bonds is 2. The van der Waals surface area contributed by atoms with Crippen molar-refractivity contribution >= 4 is 23.2 Å². The van der Waals surface area contributed by atoms with Gasteiger partial charge in [-0.2, -0.15) is 0 Å². The van der Waals surface area contributed by atoms with Gasteiger partial charge in [-0.25, -0.2) is 9.97 Å². The zero-order valence-electron chi connectivity index (χ0n) is 11.1. The first-order valence-corrected chi connectivity index (χ1v) is 6.98. The van der Waals surface area contributed by atoms with Crippen LogP contribution in [0, 0.1) is 11.8 Å². The maximum absolute atomic E-state index is 6.19. The van der Waals surface area contributed by atoms with Gasteiger partial charge in [-0.3, -0.25) is 0 Å². The number of nitrogens with zero attached hydrogens (tertiary/aromatic N) is 3. The summed E-state index contributed by atoms with van der Waals surface area (Å²) >= 11 is 6.19. The predicted molar refractivity (Wildman–Crippen MR) is 75.8 cm³/mol. The Hall–Kier alpha value is -1.03. The van der Waals surface area contributed by atoms with Crippen molar-refractivity contribution < 1.29 is 0 Å². The molecule has 1 atom stereocenters. The Morgan fingerprint density at radius 1 is 1.33 bits per heavy atom. The van der Waals surface area contributed by atoms with Gasteiger partial charge in [-0.1, -0.05) is 25.4 Å². The molecule has 1 aliphatic heterocycles. The predicted octanol–water partition coefficient (Wildman–Crippen LogP) is 2.97. The third-order valence-corrected chi connectivity index (χ3v) is 4.18. The number of hydrogen-bond acceptors (Lipinski definition) is 4. The molecule has 0 saturated carbocycles. The fourth-order valence-corrected chi connectivity index (χ4v) is 2.81. The Morgan fingerprint density at radius 2 is 2.11 bits per heavy atom. The minimum atomic E-state index is 0.367. The summed E-state index contributed by atoms with van der Waals surface area (Å²) in [6.45, 7) is 6.60. The zero-order valence-corrected chi connectivity index (χ0v) is 11.8. The normalized spacial score (nSPS) is 21.1. The topological polar surface area (TPSA) is 55.0 Å². The molecule has 0 radical (unpaired) electrons. The summed E-state index contributed by atoms with van der Waals surface area (Å²) in [5.74, 6) is 2.70. The van der Waals surface area contributed by atoms with Gasteiger partial charge in [0.2, 0.25) is 0 Å². The van der Waals surface area contributed by atoms with E-state index in [4.69, 9.17) is 17.3 Å². The minimum absolute atomic E-state index is 0.367. The Bertz CT molecular complexity index is 408. The molecule has 5 heteroatoms. The minimum Gasteiger partial charge on any atom is -0.382 e. The molecule has 0 aliphatic carbocycles. The summed E-state index contributed by atoms with van der Waals surface area (Å²) in [5, 5.41) is 0.487. The van der Waals surface area contributed by atoms with Crippen LogP contribution in [-0.4, -0.2) is 23.1 Å². The van der Waals surface area contributed by atoms with E-state index >= 15 is 0 Å². The van der Waals surface area contributed by atoms with Gasteiger partial charge < -0.3 is 10.6 Å². The average molecular weight is 269 g/mol. The van der Waals surface area contributed by atoms with Crippen LogP contribution in [-0.2, 0) is 0 Å². The van der Waals surface area contributed by atoms with E-state index in [1.165, 1.54) is 25.6 Å². The lowest BCUT2D eigenvalue weighted by Gasteiger charge is -2.23. The SMILES string of the molecule is CC(C)C1CCCN(c2ncnc(N)c2Cl)CC1. The van der Waals surface area contributed by atoms with Gasteiger partial charge in [-0.15, -0.1) is 0 Å². The molecule has 4 nitrogen and oxygen atoms in total. The van der Waals surface area contributed by atoms with Crippen LogP contribution in [0.3, 0.4) is 0 Å². The van der Waals surface area contributed by atoms with E-state index in [1.807, 2.05) is 0 Å². The van der Waals surface area contributed by atoms with Crippen LogP contribution in [0.5, 0.6) is 0 Å². The maximum Gasteiger partial charge on any atom is 0.153 e. The molecule has 18 heavy (non-hydrogen) atoms. The molecule has 0 spiro atoms. The molecule has 1 aromatic rings. The fourth-order valence-electron chi connectivity index (χ4n) is 2.59. The van der Waals surface area contributed by atoms with Gasteiger partial charge in [0.1, 0.15) is 17.2 Å². The third kappa shape index (κ3) is 2.86. The number of anilines is 2. The highest BCUT2D eigenvalue weighted by atomic mass is 35.5. The largest absolute Gasteiger partial charge is 0.382 e. The molecule has 0 amide bonds. The summed E-state index contributed by atoms with van der Waals surface area (Å²) < 4.78 is 0. The lowest BCUT2D eigenvalue weighted by atomic mass is 9.89. The smallest absolute Gasteiger partial charge is 0.153 e. The van der Waals surface area contributed by atoms with Crippen molar-refractivity contribution in [2.24, 2.45) is 11.8 Å². The Morgan fingerprint density at radius 3 is 2.83 bits per heavy atom. The average Bonchev–Trinajstić information content (AvgIpc) is 2.58. The molecule has 1 aliphatic rings. The van der Waals surface area contributed by atoms with Crippen LogP contribution in [0.25, 0.3) is 0 Å². The highest BCUT2D eigenvalue weighted by Crippen LogP contribution is 2.31. The van der Waals surface area contributed by atoms with Crippen molar-refractivity contribution in [2.75, 3.05) is 23.7 Å². The lowest BCUT2D eigenvalue weighted by Crippen LogP contribution is -2.26. The van der Waals surface area contributed by atoms with Gasteiger partial charge in [0.05, 0.1) is 0 Å². The van der Waals surface area contributed by atoms with E-state index in [0.29, 0.717) is 10.8 Å². The van der Waals surface area contributed by atoms with Crippen molar-refractivity contribution in [3.05, 3.63) is 11.3 Å². The van der Waals surface area contributed by atoms with Crippen molar-refractivity contribution in [3.8, 4) is 0 Å². The molecule has 1 unspecified atom stereocenters. The number of nitrogens with two attached hydrogens (primary N) is 1. The molecular weight excluding hydrogens is 248 g/mol. The number of halogens is 1. The zero-order chi connectivity index (χ0) is 13.1. The molecule has 2 N–H and O–H groups in total. The van der Waals surface area contributed by atoms with Crippen LogP contribution in [0.4, 0.5) is 11.6 Å². The van der Waals surface area contributed by atoms with E-state index in [0.717, 1.165) is 30.7 Å². The molecule has 1 aromatic heterocycles. The summed E-state index contributed by atoms with van der Waals surface area (Å²) in [5.41, 5.74) is 5.73. The van der Waals surface area contributed by atoms with Crippen molar-refractivity contribution in [1.82, 2.24) is 9.97 Å². The van der Waals surface area contributed by atoms with Gasteiger partial charge in [0.25, 0.3) is 0 Å². The highest BCUT2D eigenvalue weighted by molar-refractivity contribution is 6.35. The quantitative estimate of drug-likeness (QED) is 0.896. The van der Waals surface area contributed by atoms with Crippen LogP contribution in [0.2, 0.25) is 5.02 Å². The molecular formula is C13H21ClN4. The Balaban J connectivity index is 2.12. The molecule has 2 rings (SSSR count). The first-order valence-electron chi connectivity index (χ1n) is 6.60. The first kappa shape index (κ1) is 13.4. The van der Waals surface area contributed by atoms with Gasteiger partial charge in [0, 0.05) is 13.1 Å². The summed E-state index contributed by atoms with van der Waals surface area (Å²) in [7, 11) is 0. The van der Waals surface area contributed by atoms with Gasteiger partial charge >= 0.3 is 0 Å². The second kappa shape index (κ2) is 5.74. The van der Waals surface area contributed by atoms with Gasteiger partial charge in [0.15, 0.2) is 5.82 Å². The Labute approximate surface area is 114 Å². The van der Waals surface area contributed by atoms with Gasteiger partial charge in [-0.05, 0) is 31.1 Å². The lowest BCUT2D eigenvalue weighted by molar-refractivity contribution is 0.351. The van der Waals surface area contributed by atoms with E-state index in [1.54, 1.807) is 0 Å². The number of hydrogen-bond donors (Lipinski definition) is 1. The molecule has 1 saturated heterocycles. The monoisotopic (exact) mass is 268 g/mol. The van der Waals surface area contributed by atoms with Crippen molar-refractivity contribution in [2.45, 2.75) is 33.1 Å². The van der Waals surface area contributed by atoms with E-state index in [-0.39, 0.29) is 0 Å². The molecule has 0 bridgehead atoms. The second-order valence-corrected chi connectivity index (χ2v) is 5.70. The van der Waals surface area contributed by atoms with Crippen LogP contribution in [0.15, 0.2) is 6.33 Å². The fraction of sp³-hybridized carbons (Fsp3) is 0.692. The summed E-state index contributed by atoms with van der Waals surface area (Å²) in [6, 6.07) is 0. The molecule has 100 valence electrons. The first-order chi connectivity index (χ1) is 8.59. The summed E-state index contributed by atoms with van der Waals surface area (Å²) in [6.07, 6.45) is 5.15. The van der Waals surface area contributed by atoms with E-state index < -0.39 is 0 Å². The van der Waals surface area contributed by atoms with Crippen LogP contribution < -0.4 is 10.6 Å². The maximum atomic E-state index is 6.19. The Kier molecular flexibility index (Phi) is 4.27. The molecule has 1 fully saturated rings. The number of aromatic nitrogens is 2. The third-order valence-electron chi connectivity index (χ3n) is 3.81. The highest BCUT2D eigenvalue weighted by Gasteiger charge is 2.22. The second-order valence-electron chi connectivity index (χ2n) is 5.32. The molecule has 0 aromatic carbocycles. The van der Waals surface area contributed by atoms with Crippen LogP contribution in [0.1, 0.15) is 33.1 Å². The van der Waals surface area contributed by atoms with E-state index in [2.05, 4.69) is 28.7 Å². The van der Waals surface area contributed by atoms with Crippen molar-refractivity contribution in [3.63, 3.8) is 0 Å². The standard InChI is InChI=1S/C13H21ClN4/c1-9(2)10-4-3-6-18(7-5-10)13-11(14)12(15)16-8-17-13/h8-10H,3-7H2,1-2H3,(H2,15,16,17). The van der Waals surface area contributed by atoms with Crippen LogP contribution >= 0.6 is 11.6 Å². The van der Waals surface area contributed by atoms with Crippen molar-refractivity contribution in [1.29, 1.82) is 0 Å². The number of nitrogen functional groups attached to an aromatic ring is 1. The van der Waals surface area contributed by atoms with E-state index in [9.17, 15) is 0 Å².